The number of amides is 2. The van der Waals surface area contributed by atoms with Gasteiger partial charge in [0.2, 0.25) is 11.8 Å². The number of carbonyl (C=O) groups is 3. The van der Waals surface area contributed by atoms with Gasteiger partial charge in [0, 0.05) is 25.4 Å². The minimum atomic E-state index is -0.899. The first-order chi connectivity index (χ1) is 11.0. The maximum Gasteiger partial charge on any atom is 0.308 e. The molecule has 1 aromatic rings. The normalized spacial score (nSPS) is 20.3. The molecule has 2 N–H and O–H groups in total. The van der Waals surface area contributed by atoms with E-state index in [9.17, 15) is 19.5 Å². The fourth-order valence-electron chi connectivity index (χ4n) is 2.90. The lowest BCUT2D eigenvalue weighted by molar-refractivity contribution is -0.142. The minimum absolute atomic E-state index is 0.0767. The highest BCUT2D eigenvalue weighted by Crippen LogP contribution is 2.32. The number of nitrogens with one attached hydrogen (secondary N) is 1. The van der Waals surface area contributed by atoms with E-state index in [1.54, 1.807) is 0 Å². The molecule has 0 spiro atoms. The molecule has 0 radical (unpaired) electrons. The number of carbonyl (C=O) groups excluding carboxylic acids is 2. The van der Waals surface area contributed by atoms with E-state index in [1.807, 2.05) is 37.3 Å². The van der Waals surface area contributed by atoms with Crippen LogP contribution in [0.5, 0.6) is 0 Å². The second-order valence-corrected chi connectivity index (χ2v) is 5.79. The van der Waals surface area contributed by atoms with Crippen molar-refractivity contribution in [3.8, 4) is 0 Å². The zero-order chi connectivity index (χ0) is 16.8. The van der Waals surface area contributed by atoms with Crippen LogP contribution >= 0.6 is 0 Å². The summed E-state index contributed by atoms with van der Waals surface area (Å²) in [5.41, 5.74) is 0.921. The quantitative estimate of drug-likeness (QED) is 0.826. The first-order valence-electron chi connectivity index (χ1n) is 7.85. The van der Waals surface area contributed by atoms with Crippen molar-refractivity contribution in [2.24, 2.45) is 5.92 Å². The summed E-state index contributed by atoms with van der Waals surface area (Å²) in [6, 6.07) is 9.38. The van der Waals surface area contributed by atoms with Crippen molar-refractivity contribution in [1.29, 1.82) is 0 Å². The highest BCUT2D eigenvalue weighted by molar-refractivity contribution is 5.85. The van der Waals surface area contributed by atoms with Gasteiger partial charge < -0.3 is 15.3 Å². The van der Waals surface area contributed by atoms with E-state index < -0.39 is 11.9 Å². The Labute approximate surface area is 135 Å². The van der Waals surface area contributed by atoms with Crippen LogP contribution in [0, 0.1) is 5.92 Å². The third-order valence-corrected chi connectivity index (χ3v) is 4.13. The van der Waals surface area contributed by atoms with Crippen molar-refractivity contribution in [2.45, 2.75) is 25.7 Å². The summed E-state index contributed by atoms with van der Waals surface area (Å²) in [6.07, 6.45) is 1.11. The molecular weight excluding hydrogens is 296 g/mol. The highest BCUT2D eigenvalue weighted by atomic mass is 16.4. The second kappa shape index (κ2) is 7.76. The standard InChI is InChI=1S/C17H22N2O4/c1-2-6-15(20)18-9-16(21)19-10-13(14(11-19)17(22)23)12-7-4-3-5-8-12/h3-5,7-8,13-14H,2,6,9-11H2,1H3,(H,18,20)(H,22,23). The number of benzene rings is 1. The van der Waals surface area contributed by atoms with Gasteiger partial charge in [0.25, 0.3) is 0 Å². The number of aliphatic carboxylic acids is 1. The van der Waals surface area contributed by atoms with Gasteiger partial charge in [-0.1, -0.05) is 37.3 Å². The van der Waals surface area contributed by atoms with Gasteiger partial charge in [-0.05, 0) is 12.0 Å². The van der Waals surface area contributed by atoms with E-state index in [2.05, 4.69) is 5.32 Å². The molecule has 2 atom stereocenters. The predicted molar refractivity (Wildman–Crippen MR) is 84.8 cm³/mol. The molecule has 1 aliphatic rings. The number of hydrogen-bond acceptors (Lipinski definition) is 3. The molecule has 124 valence electrons. The van der Waals surface area contributed by atoms with E-state index >= 15 is 0 Å². The molecule has 2 unspecified atom stereocenters. The maximum atomic E-state index is 12.2. The molecule has 1 saturated heterocycles. The fraction of sp³-hybridized carbons (Fsp3) is 0.471. The van der Waals surface area contributed by atoms with Crippen LogP contribution in [0.3, 0.4) is 0 Å². The zero-order valence-electron chi connectivity index (χ0n) is 13.2. The third kappa shape index (κ3) is 4.31. The van der Waals surface area contributed by atoms with E-state index in [-0.39, 0.29) is 30.8 Å². The molecule has 6 nitrogen and oxygen atoms in total. The van der Waals surface area contributed by atoms with Gasteiger partial charge >= 0.3 is 5.97 Å². The molecule has 2 rings (SSSR count). The van der Waals surface area contributed by atoms with Crippen molar-refractivity contribution < 1.29 is 19.5 Å². The van der Waals surface area contributed by atoms with Gasteiger partial charge in [-0.15, -0.1) is 0 Å². The molecule has 0 aromatic heterocycles. The average Bonchev–Trinajstić information content (AvgIpc) is 2.99. The van der Waals surface area contributed by atoms with Gasteiger partial charge in [0.05, 0.1) is 12.5 Å². The van der Waals surface area contributed by atoms with Crippen LogP contribution < -0.4 is 5.32 Å². The monoisotopic (exact) mass is 318 g/mol. The van der Waals surface area contributed by atoms with Crippen molar-refractivity contribution in [3.63, 3.8) is 0 Å². The molecule has 1 aromatic carbocycles. The Kier molecular flexibility index (Phi) is 5.73. The van der Waals surface area contributed by atoms with Crippen LogP contribution in [0.1, 0.15) is 31.2 Å². The Bertz CT molecular complexity index is 573. The minimum Gasteiger partial charge on any atom is -0.481 e. The molecule has 6 heteroatoms. The smallest absolute Gasteiger partial charge is 0.308 e. The Morgan fingerprint density at radius 1 is 1.22 bits per heavy atom. The number of rotatable bonds is 6. The lowest BCUT2D eigenvalue weighted by Gasteiger charge is -2.17. The van der Waals surface area contributed by atoms with Gasteiger partial charge in [0.15, 0.2) is 0 Å². The molecule has 23 heavy (non-hydrogen) atoms. The SMILES string of the molecule is CCCC(=O)NCC(=O)N1CC(C(=O)O)C(c2ccccc2)C1. The Morgan fingerprint density at radius 3 is 2.52 bits per heavy atom. The molecular formula is C17H22N2O4. The molecule has 0 saturated carbocycles. The predicted octanol–water partition coefficient (Wildman–Crippen LogP) is 1.23. The Balaban J connectivity index is 2.01. The summed E-state index contributed by atoms with van der Waals surface area (Å²) in [7, 11) is 0. The van der Waals surface area contributed by atoms with E-state index in [0.717, 1.165) is 12.0 Å². The summed E-state index contributed by atoms with van der Waals surface area (Å²) in [4.78, 5) is 36.7. The van der Waals surface area contributed by atoms with Crippen LogP contribution in [-0.2, 0) is 14.4 Å². The summed E-state index contributed by atoms with van der Waals surface area (Å²) >= 11 is 0. The van der Waals surface area contributed by atoms with Crippen LogP contribution in [0.15, 0.2) is 30.3 Å². The molecule has 0 bridgehead atoms. The number of likely N-dealkylation sites (tertiary alicyclic amines) is 1. The van der Waals surface area contributed by atoms with E-state index in [0.29, 0.717) is 13.0 Å². The number of carboxylic acids is 1. The van der Waals surface area contributed by atoms with Gasteiger partial charge in [0.1, 0.15) is 0 Å². The van der Waals surface area contributed by atoms with Crippen molar-refractivity contribution in [2.75, 3.05) is 19.6 Å². The number of carboxylic acid groups (broad SMARTS) is 1. The van der Waals surface area contributed by atoms with Crippen LogP contribution in [0.4, 0.5) is 0 Å². The van der Waals surface area contributed by atoms with E-state index in [1.165, 1.54) is 4.90 Å². The summed E-state index contributed by atoms with van der Waals surface area (Å²) in [6.45, 7) is 2.36. The lowest BCUT2D eigenvalue weighted by Crippen LogP contribution is -2.39. The molecule has 2 amide bonds. The van der Waals surface area contributed by atoms with Crippen molar-refractivity contribution >= 4 is 17.8 Å². The highest BCUT2D eigenvalue weighted by Gasteiger charge is 2.40. The number of hydrogen-bond donors (Lipinski definition) is 2. The van der Waals surface area contributed by atoms with Crippen molar-refractivity contribution in [3.05, 3.63) is 35.9 Å². The fourth-order valence-corrected chi connectivity index (χ4v) is 2.90. The van der Waals surface area contributed by atoms with Crippen LogP contribution in [0.2, 0.25) is 0 Å². The van der Waals surface area contributed by atoms with Gasteiger partial charge in [-0.25, -0.2) is 0 Å². The summed E-state index contributed by atoms with van der Waals surface area (Å²) < 4.78 is 0. The Morgan fingerprint density at radius 2 is 1.91 bits per heavy atom. The van der Waals surface area contributed by atoms with Crippen LogP contribution in [0.25, 0.3) is 0 Å². The lowest BCUT2D eigenvalue weighted by atomic mass is 9.89. The average molecular weight is 318 g/mol. The summed E-state index contributed by atoms with van der Waals surface area (Å²) in [5, 5.41) is 12.0. The topological polar surface area (TPSA) is 86.7 Å². The van der Waals surface area contributed by atoms with Gasteiger partial charge in [-0.2, -0.15) is 0 Å². The first-order valence-corrected chi connectivity index (χ1v) is 7.85. The molecule has 1 heterocycles. The number of nitrogens with zero attached hydrogens (tertiary/aromatic N) is 1. The zero-order valence-corrected chi connectivity index (χ0v) is 13.2. The maximum absolute atomic E-state index is 12.2. The first kappa shape index (κ1) is 17.0. The second-order valence-electron chi connectivity index (χ2n) is 5.79. The molecule has 1 fully saturated rings. The molecule has 1 aliphatic heterocycles. The van der Waals surface area contributed by atoms with E-state index in [4.69, 9.17) is 0 Å². The largest absolute Gasteiger partial charge is 0.481 e. The van der Waals surface area contributed by atoms with Crippen LogP contribution in [-0.4, -0.2) is 47.4 Å². The van der Waals surface area contributed by atoms with Crippen molar-refractivity contribution in [1.82, 2.24) is 10.2 Å². The third-order valence-electron chi connectivity index (χ3n) is 4.13. The summed E-state index contributed by atoms with van der Waals surface area (Å²) in [5.74, 6) is -2.13. The molecule has 0 aliphatic carbocycles. The Hall–Kier alpha value is -2.37. The van der Waals surface area contributed by atoms with Gasteiger partial charge in [-0.3, -0.25) is 14.4 Å².